The van der Waals surface area contributed by atoms with Crippen LogP contribution in [0.4, 0.5) is 0 Å². The van der Waals surface area contributed by atoms with Crippen LogP contribution in [0.5, 0.6) is 11.5 Å². The smallest absolute Gasteiger partial charge is 0.234 e. The summed E-state index contributed by atoms with van der Waals surface area (Å²) in [6.07, 6.45) is 0.886. The molecule has 2 aliphatic rings. The molecule has 1 unspecified atom stereocenters. The first-order valence-electron chi connectivity index (χ1n) is 9.68. The van der Waals surface area contributed by atoms with E-state index in [9.17, 15) is 4.79 Å². The molecule has 2 atom stereocenters. The van der Waals surface area contributed by atoms with Crippen LogP contribution in [-0.2, 0) is 4.79 Å². The molecule has 6 nitrogen and oxygen atoms in total. The lowest BCUT2D eigenvalue weighted by Crippen LogP contribution is -2.53. The van der Waals surface area contributed by atoms with Crippen molar-refractivity contribution in [3.05, 3.63) is 23.8 Å². The van der Waals surface area contributed by atoms with Crippen LogP contribution in [0.25, 0.3) is 0 Å². The number of fused-ring (bicyclic) bond motifs is 1. The van der Waals surface area contributed by atoms with Gasteiger partial charge < -0.3 is 20.1 Å². The van der Waals surface area contributed by atoms with Crippen molar-refractivity contribution >= 4 is 5.91 Å². The van der Waals surface area contributed by atoms with Crippen molar-refractivity contribution < 1.29 is 14.3 Å². The molecular weight excluding hydrogens is 330 g/mol. The number of nitrogens with zero attached hydrogens (tertiary/aromatic N) is 1. The first-order valence-corrected chi connectivity index (χ1v) is 9.68. The van der Waals surface area contributed by atoms with E-state index in [1.807, 2.05) is 18.2 Å². The van der Waals surface area contributed by atoms with Crippen molar-refractivity contribution in [1.82, 2.24) is 15.5 Å². The fraction of sp³-hybridized carbons (Fsp3) is 0.650. The van der Waals surface area contributed by atoms with E-state index < -0.39 is 0 Å². The summed E-state index contributed by atoms with van der Waals surface area (Å²) in [4.78, 5) is 14.9. The van der Waals surface area contributed by atoms with Gasteiger partial charge in [0.2, 0.25) is 5.91 Å². The van der Waals surface area contributed by atoms with E-state index in [0.717, 1.165) is 43.1 Å². The number of benzene rings is 1. The molecule has 0 radical (unpaired) electrons. The highest BCUT2D eigenvalue weighted by atomic mass is 16.5. The highest BCUT2D eigenvalue weighted by Gasteiger charge is 2.24. The third-order valence-corrected chi connectivity index (χ3v) is 5.10. The molecule has 0 aromatic heterocycles. The summed E-state index contributed by atoms with van der Waals surface area (Å²) in [5, 5.41) is 6.58. The van der Waals surface area contributed by atoms with Crippen LogP contribution in [0.2, 0.25) is 0 Å². The number of carbonyl (C=O) groups is 1. The molecule has 3 rings (SSSR count). The predicted molar refractivity (Wildman–Crippen MR) is 102 cm³/mol. The second-order valence-electron chi connectivity index (χ2n) is 7.57. The number of hydrogen-bond acceptors (Lipinski definition) is 5. The summed E-state index contributed by atoms with van der Waals surface area (Å²) in [6, 6.07) is 6.34. The molecule has 6 heteroatoms. The van der Waals surface area contributed by atoms with Crippen molar-refractivity contribution in [3.8, 4) is 11.5 Å². The van der Waals surface area contributed by atoms with Crippen molar-refractivity contribution in [3.63, 3.8) is 0 Å². The van der Waals surface area contributed by atoms with Crippen LogP contribution >= 0.6 is 0 Å². The molecule has 144 valence electrons. The Morgan fingerprint density at radius 3 is 2.81 bits per heavy atom. The summed E-state index contributed by atoms with van der Waals surface area (Å²) < 4.78 is 11.5. The van der Waals surface area contributed by atoms with E-state index in [2.05, 4.69) is 36.3 Å². The lowest BCUT2D eigenvalue weighted by molar-refractivity contribution is -0.124. The molecule has 0 aliphatic carbocycles. The molecule has 1 saturated heterocycles. The third-order valence-electron chi connectivity index (χ3n) is 5.10. The van der Waals surface area contributed by atoms with Crippen LogP contribution in [0, 0.1) is 5.92 Å². The Morgan fingerprint density at radius 2 is 2.08 bits per heavy atom. The van der Waals surface area contributed by atoms with E-state index >= 15 is 0 Å². The van der Waals surface area contributed by atoms with Crippen LogP contribution in [-0.4, -0.2) is 56.2 Å². The number of carbonyl (C=O) groups excluding carboxylic acids is 1. The lowest BCUT2D eigenvalue weighted by Gasteiger charge is -2.34. The minimum atomic E-state index is -0.0436. The molecule has 2 heterocycles. The van der Waals surface area contributed by atoms with Crippen molar-refractivity contribution in [2.24, 2.45) is 5.92 Å². The zero-order chi connectivity index (χ0) is 18.5. The van der Waals surface area contributed by atoms with E-state index in [1.54, 1.807) is 0 Å². The number of hydrogen-bond donors (Lipinski definition) is 2. The normalized spacial score (nSPS) is 21.9. The van der Waals surface area contributed by atoms with Gasteiger partial charge in [-0.2, -0.15) is 0 Å². The molecule has 2 aliphatic heterocycles. The Kier molecular flexibility index (Phi) is 6.38. The first kappa shape index (κ1) is 19.0. The summed E-state index contributed by atoms with van der Waals surface area (Å²) >= 11 is 0. The van der Waals surface area contributed by atoms with E-state index in [-0.39, 0.29) is 17.9 Å². The SMILES string of the molecule is CC(C)C(NC(=O)CN1CCNC[C@@H]1C)c1ccc2c(c1)OCCCO2. The van der Waals surface area contributed by atoms with Crippen molar-refractivity contribution in [2.45, 2.75) is 39.3 Å². The number of ether oxygens (including phenoxy) is 2. The fourth-order valence-electron chi connectivity index (χ4n) is 3.53. The summed E-state index contributed by atoms with van der Waals surface area (Å²) in [5.74, 6) is 1.92. The van der Waals surface area contributed by atoms with Gasteiger partial charge >= 0.3 is 0 Å². The van der Waals surface area contributed by atoms with Crippen LogP contribution in [0.3, 0.4) is 0 Å². The van der Waals surface area contributed by atoms with Gasteiger partial charge in [-0.25, -0.2) is 0 Å². The molecular formula is C20H31N3O3. The molecule has 1 aromatic rings. The van der Waals surface area contributed by atoms with Gasteiger partial charge in [0.1, 0.15) is 0 Å². The predicted octanol–water partition coefficient (Wildman–Crippen LogP) is 1.95. The van der Waals surface area contributed by atoms with Gasteiger partial charge in [0.05, 0.1) is 25.8 Å². The van der Waals surface area contributed by atoms with Gasteiger partial charge in [0.15, 0.2) is 11.5 Å². The summed E-state index contributed by atoms with van der Waals surface area (Å²) in [5.41, 5.74) is 1.06. The number of amides is 1. The van der Waals surface area contributed by atoms with Gasteiger partial charge in [0.25, 0.3) is 0 Å². The molecule has 1 amide bonds. The first-order chi connectivity index (χ1) is 12.5. The number of nitrogens with one attached hydrogen (secondary N) is 2. The maximum atomic E-state index is 12.7. The van der Waals surface area contributed by atoms with Crippen LogP contribution < -0.4 is 20.1 Å². The fourth-order valence-corrected chi connectivity index (χ4v) is 3.53. The standard InChI is InChI=1S/C20H31N3O3/c1-14(2)20(22-19(24)13-23-8-7-21-12-15(23)3)16-5-6-17-18(11-16)26-10-4-9-25-17/h5-6,11,14-15,20-21H,4,7-10,12-13H2,1-3H3,(H,22,24)/t15-,20?/m0/s1. The minimum Gasteiger partial charge on any atom is -0.490 e. The largest absolute Gasteiger partial charge is 0.490 e. The maximum Gasteiger partial charge on any atom is 0.234 e. The van der Waals surface area contributed by atoms with E-state index in [1.165, 1.54) is 0 Å². The average Bonchev–Trinajstić information content (AvgIpc) is 2.86. The van der Waals surface area contributed by atoms with Gasteiger partial charge in [-0.15, -0.1) is 0 Å². The van der Waals surface area contributed by atoms with Gasteiger partial charge in [0, 0.05) is 32.1 Å². The molecule has 2 N–H and O–H groups in total. The molecule has 1 aromatic carbocycles. The molecule has 0 spiro atoms. The molecule has 0 saturated carbocycles. The average molecular weight is 361 g/mol. The summed E-state index contributed by atoms with van der Waals surface area (Å²) in [7, 11) is 0. The second-order valence-corrected chi connectivity index (χ2v) is 7.57. The lowest BCUT2D eigenvalue weighted by atomic mass is 9.95. The van der Waals surface area contributed by atoms with Crippen molar-refractivity contribution in [2.75, 3.05) is 39.4 Å². The monoisotopic (exact) mass is 361 g/mol. The number of piperazine rings is 1. The molecule has 1 fully saturated rings. The Morgan fingerprint density at radius 1 is 1.31 bits per heavy atom. The maximum absolute atomic E-state index is 12.7. The highest BCUT2D eigenvalue weighted by molar-refractivity contribution is 5.78. The molecule has 0 bridgehead atoms. The Hall–Kier alpha value is -1.79. The highest BCUT2D eigenvalue weighted by Crippen LogP contribution is 2.34. The Bertz CT molecular complexity index is 620. The van der Waals surface area contributed by atoms with Crippen LogP contribution in [0.15, 0.2) is 18.2 Å². The van der Waals surface area contributed by atoms with Gasteiger partial charge in [-0.05, 0) is 30.5 Å². The third kappa shape index (κ3) is 4.68. The van der Waals surface area contributed by atoms with E-state index in [4.69, 9.17) is 9.47 Å². The quantitative estimate of drug-likeness (QED) is 0.839. The minimum absolute atomic E-state index is 0.0436. The summed E-state index contributed by atoms with van der Waals surface area (Å²) in [6.45, 7) is 11.0. The Balaban J connectivity index is 1.69. The topological polar surface area (TPSA) is 62.8 Å². The van der Waals surface area contributed by atoms with Gasteiger partial charge in [-0.1, -0.05) is 19.9 Å². The second kappa shape index (κ2) is 8.73. The van der Waals surface area contributed by atoms with Crippen LogP contribution in [0.1, 0.15) is 38.8 Å². The zero-order valence-corrected chi connectivity index (χ0v) is 16.1. The van der Waals surface area contributed by atoms with Crippen molar-refractivity contribution in [1.29, 1.82) is 0 Å². The molecule has 26 heavy (non-hydrogen) atoms. The zero-order valence-electron chi connectivity index (χ0n) is 16.1. The van der Waals surface area contributed by atoms with Gasteiger partial charge in [-0.3, -0.25) is 9.69 Å². The Labute approximate surface area is 156 Å². The number of rotatable bonds is 5. The van der Waals surface area contributed by atoms with E-state index in [0.29, 0.717) is 25.8 Å².